The summed E-state index contributed by atoms with van der Waals surface area (Å²) in [5.74, 6) is 0.144. The van der Waals surface area contributed by atoms with Crippen molar-refractivity contribution in [2.24, 2.45) is 0 Å². The van der Waals surface area contributed by atoms with Crippen molar-refractivity contribution in [3.8, 4) is 0 Å². The molecule has 0 bridgehead atoms. The summed E-state index contributed by atoms with van der Waals surface area (Å²) in [6.45, 7) is 7.06. The van der Waals surface area contributed by atoms with Crippen LogP contribution in [0.5, 0.6) is 0 Å². The Bertz CT molecular complexity index is 395. The maximum Gasteiger partial charge on any atom is 0.159 e. The van der Waals surface area contributed by atoms with Gasteiger partial charge < -0.3 is 4.90 Å². The average Bonchev–Trinajstić information content (AvgIpc) is 2.32. The van der Waals surface area contributed by atoms with Crippen molar-refractivity contribution in [3.63, 3.8) is 0 Å². The van der Waals surface area contributed by atoms with Gasteiger partial charge >= 0.3 is 0 Å². The fourth-order valence-electron chi connectivity index (χ4n) is 2.15. The highest BCUT2D eigenvalue weighted by Gasteiger charge is 2.13. The summed E-state index contributed by atoms with van der Waals surface area (Å²) in [6, 6.07) is 7.98. The topological polar surface area (TPSA) is 23.6 Å². The standard InChI is InChI=1S/C14H20N2O/c1-12(17)14-5-3-4-13(10-14)11-16-8-6-15(2)7-9-16/h3-5,10H,6-9,11H2,1-2H3. The number of Topliss-reactive ketones (excluding diaryl/α,β-unsaturated/α-hetero) is 1. The zero-order chi connectivity index (χ0) is 12.3. The number of benzene rings is 1. The molecule has 1 aromatic carbocycles. The minimum absolute atomic E-state index is 0.144. The van der Waals surface area contributed by atoms with Crippen LogP contribution in [0.25, 0.3) is 0 Å². The van der Waals surface area contributed by atoms with E-state index in [0.717, 1.165) is 38.3 Å². The Hall–Kier alpha value is -1.19. The minimum Gasteiger partial charge on any atom is -0.304 e. The number of nitrogens with zero attached hydrogens (tertiary/aromatic N) is 2. The quantitative estimate of drug-likeness (QED) is 0.740. The lowest BCUT2D eigenvalue weighted by Crippen LogP contribution is -2.43. The van der Waals surface area contributed by atoms with Gasteiger partial charge in [0.2, 0.25) is 0 Å². The van der Waals surface area contributed by atoms with Crippen molar-refractivity contribution in [3.05, 3.63) is 35.4 Å². The third kappa shape index (κ3) is 3.38. The van der Waals surface area contributed by atoms with E-state index in [1.54, 1.807) is 6.92 Å². The Kier molecular flexibility index (Phi) is 3.92. The highest BCUT2D eigenvalue weighted by Crippen LogP contribution is 2.10. The molecule has 3 nitrogen and oxygen atoms in total. The summed E-state index contributed by atoms with van der Waals surface area (Å²) in [6.07, 6.45) is 0. The van der Waals surface area contributed by atoms with E-state index in [4.69, 9.17) is 0 Å². The Morgan fingerprint density at radius 2 is 1.94 bits per heavy atom. The average molecular weight is 232 g/mol. The first-order chi connectivity index (χ1) is 8.15. The third-order valence-corrected chi connectivity index (χ3v) is 3.34. The van der Waals surface area contributed by atoms with E-state index in [0.29, 0.717) is 0 Å². The molecular formula is C14H20N2O. The van der Waals surface area contributed by atoms with E-state index in [1.807, 2.05) is 18.2 Å². The zero-order valence-corrected chi connectivity index (χ0v) is 10.6. The second kappa shape index (κ2) is 5.43. The van der Waals surface area contributed by atoms with Gasteiger partial charge in [-0.25, -0.2) is 0 Å². The maximum atomic E-state index is 11.3. The van der Waals surface area contributed by atoms with E-state index in [9.17, 15) is 4.79 Å². The van der Waals surface area contributed by atoms with E-state index in [-0.39, 0.29) is 5.78 Å². The van der Waals surface area contributed by atoms with Gasteiger partial charge in [0.1, 0.15) is 0 Å². The van der Waals surface area contributed by atoms with Gasteiger partial charge in [0, 0.05) is 38.3 Å². The van der Waals surface area contributed by atoms with Crippen LogP contribution in [0.4, 0.5) is 0 Å². The van der Waals surface area contributed by atoms with Crippen LogP contribution in [-0.4, -0.2) is 48.8 Å². The van der Waals surface area contributed by atoms with Gasteiger partial charge in [0.15, 0.2) is 5.78 Å². The zero-order valence-electron chi connectivity index (χ0n) is 10.6. The number of carbonyl (C=O) groups is 1. The summed E-state index contributed by atoms with van der Waals surface area (Å²) in [7, 11) is 2.16. The molecular weight excluding hydrogens is 212 g/mol. The summed E-state index contributed by atoms with van der Waals surface area (Å²) in [4.78, 5) is 16.1. The number of likely N-dealkylation sites (N-methyl/N-ethyl adjacent to an activating group) is 1. The molecule has 1 saturated heterocycles. The van der Waals surface area contributed by atoms with E-state index < -0.39 is 0 Å². The molecule has 0 atom stereocenters. The van der Waals surface area contributed by atoms with Gasteiger partial charge in [-0.15, -0.1) is 0 Å². The van der Waals surface area contributed by atoms with E-state index in [1.165, 1.54) is 5.56 Å². The second-order valence-electron chi connectivity index (χ2n) is 4.84. The Morgan fingerprint density at radius 1 is 1.24 bits per heavy atom. The molecule has 0 amide bonds. The molecule has 1 heterocycles. The Labute approximate surface area is 103 Å². The van der Waals surface area contributed by atoms with Gasteiger partial charge in [0.05, 0.1) is 0 Å². The third-order valence-electron chi connectivity index (χ3n) is 3.34. The van der Waals surface area contributed by atoms with Crippen molar-refractivity contribution >= 4 is 5.78 Å². The van der Waals surface area contributed by atoms with Crippen LogP contribution in [0.15, 0.2) is 24.3 Å². The van der Waals surface area contributed by atoms with Crippen LogP contribution < -0.4 is 0 Å². The highest BCUT2D eigenvalue weighted by atomic mass is 16.1. The molecule has 17 heavy (non-hydrogen) atoms. The van der Waals surface area contributed by atoms with Crippen LogP contribution in [0.3, 0.4) is 0 Å². The number of rotatable bonds is 3. The van der Waals surface area contributed by atoms with E-state index in [2.05, 4.69) is 22.9 Å². The normalized spacial score (nSPS) is 18.2. The van der Waals surface area contributed by atoms with Crippen LogP contribution in [-0.2, 0) is 6.54 Å². The first-order valence-corrected chi connectivity index (χ1v) is 6.16. The minimum atomic E-state index is 0.144. The number of ketones is 1. The number of hydrogen-bond acceptors (Lipinski definition) is 3. The van der Waals surface area contributed by atoms with Crippen molar-refractivity contribution in [2.75, 3.05) is 33.2 Å². The fraction of sp³-hybridized carbons (Fsp3) is 0.500. The lowest BCUT2D eigenvalue weighted by Gasteiger charge is -2.32. The second-order valence-corrected chi connectivity index (χ2v) is 4.84. The maximum absolute atomic E-state index is 11.3. The van der Waals surface area contributed by atoms with Crippen LogP contribution in [0.1, 0.15) is 22.8 Å². The summed E-state index contributed by atoms with van der Waals surface area (Å²) in [5, 5.41) is 0. The smallest absolute Gasteiger partial charge is 0.159 e. The first kappa shape index (κ1) is 12.3. The Balaban J connectivity index is 1.98. The first-order valence-electron chi connectivity index (χ1n) is 6.16. The SMILES string of the molecule is CC(=O)c1cccc(CN2CCN(C)CC2)c1. The van der Waals surface area contributed by atoms with Crippen LogP contribution in [0.2, 0.25) is 0 Å². The molecule has 92 valence electrons. The molecule has 0 saturated carbocycles. The van der Waals surface area contributed by atoms with Gasteiger partial charge in [0.25, 0.3) is 0 Å². The molecule has 1 aliphatic heterocycles. The molecule has 0 radical (unpaired) electrons. The molecule has 0 unspecified atom stereocenters. The van der Waals surface area contributed by atoms with Crippen molar-refractivity contribution in [1.29, 1.82) is 0 Å². The van der Waals surface area contributed by atoms with Crippen molar-refractivity contribution in [2.45, 2.75) is 13.5 Å². The summed E-state index contributed by atoms with van der Waals surface area (Å²) >= 11 is 0. The van der Waals surface area contributed by atoms with Crippen molar-refractivity contribution < 1.29 is 4.79 Å². The van der Waals surface area contributed by atoms with Gasteiger partial charge in [-0.05, 0) is 25.6 Å². The molecule has 3 heteroatoms. The summed E-state index contributed by atoms with van der Waals surface area (Å²) < 4.78 is 0. The van der Waals surface area contributed by atoms with Crippen LogP contribution >= 0.6 is 0 Å². The predicted molar refractivity (Wildman–Crippen MR) is 69.2 cm³/mol. The van der Waals surface area contributed by atoms with E-state index >= 15 is 0 Å². The molecule has 1 aliphatic rings. The van der Waals surface area contributed by atoms with Gasteiger partial charge in [-0.3, -0.25) is 9.69 Å². The predicted octanol–water partition coefficient (Wildman–Crippen LogP) is 1.64. The number of hydrogen-bond donors (Lipinski definition) is 0. The van der Waals surface area contributed by atoms with Gasteiger partial charge in [-0.2, -0.15) is 0 Å². The molecule has 2 rings (SSSR count). The summed E-state index contributed by atoms with van der Waals surface area (Å²) in [5.41, 5.74) is 2.05. The lowest BCUT2D eigenvalue weighted by molar-refractivity contribution is 0.101. The molecule has 0 aliphatic carbocycles. The number of carbonyl (C=O) groups excluding carboxylic acids is 1. The monoisotopic (exact) mass is 232 g/mol. The molecule has 0 aromatic heterocycles. The van der Waals surface area contributed by atoms with Gasteiger partial charge in [-0.1, -0.05) is 18.2 Å². The molecule has 0 N–H and O–H groups in total. The van der Waals surface area contributed by atoms with Crippen LogP contribution in [0, 0.1) is 0 Å². The lowest BCUT2D eigenvalue weighted by atomic mass is 10.1. The van der Waals surface area contributed by atoms with Crippen molar-refractivity contribution in [1.82, 2.24) is 9.80 Å². The molecule has 1 aromatic rings. The fourth-order valence-corrected chi connectivity index (χ4v) is 2.15. The largest absolute Gasteiger partial charge is 0.304 e. The molecule has 1 fully saturated rings. The Morgan fingerprint density at radius 3 is 2.59 bits per heavy atom. The highest BCUT2D eigenvalue weighted by molar-refractivity contribution is 5.94. The molecule has 0 spiro atoms. The number of piperazine rings is 1.